The first-order chi connectivity index (χ1) is 10.4. The Morgan fingerprint density at radius 3 is 2.27 bits per heavy atom. The SMILES string of the molecule is CN(C)S(=O)(=O)Nc1cccc(/C(=N/O)c2ccccc2)c1. The summed E-state index contributed by atoms with van der Waals surface area (Å²) in [6.45, 7) is 0. The largest absolute Gasteiger partial charge is 0.410 e. The third-order valence-electron chi connectivity index (χ3n) is 3.01. The van der Waals surface area contributed by atoms with Gasteiger partial charge in [-0.15, -0.1) is 0 Å². The highest BCUT2D eigenvalue weighted by molar-refractivity contribution is 7.90. The van der Waals surface area contributed by atoms with E-state index >= 15 is 0 Å². The number of hydrogen-bond donors (Lipinski definition) is 2. The molecule has 0 saturated heterocycles. The molecule has 2 aromatic carbocycles. The standard InChI is InChI=1S/C15H17N3O3S/c1-18(2)22(20,21)17-14-10-6-9-13(11-14)15(16-19)12-7-4-3-5-8-12/h3-11,17,19H,1-2H3/b16-15+. The Kier molecular flexibility index (Phi) is 4.79. The van der Waals surface area contributed by atoms with E-state index < -0.39 is 10.2 Å². The predicted octanol–water partition coefficient (Wildman–Crippen LogP) is 2.13. The van der Waals surface area contributed by atoms with Gasteiger partial charge in [0.05, 0.1) is 5.69 Å². The average molecular weight is 319 g/mol. The lowest BCUT2D eigenvalue weighted by atomic mass is 10.0. The van der Waals surface area contributed by atoms with Crippen molar-refractivity contribution in [1.29, 1.82) is 0 Å². The van der Waals surface area contributed by atoms with Crippen LogP contribution in [0.5, 0.6) is 0 Å². The van der Waals surface area contributed by atoms with Crippen molar-refractivity contribution in [1.82, 2.24) is 4.31 Å². The van der Waals surface area contributed by atoms with E-state index in [1.54, 1.807) is 24.3 Å². The molecule has 0 amide bonds. The molecule has 0 aliphatic heterocycles. The van der Waals surface area contributed by atoms with E-state index in [1.165, 1.54) is 14.1 Å². The molecule has 0 fully saturated rings. The minimum absolute atomic E-state index is 0.367. The van der Waals surface area contributed by atoms with E-state index in [0.29, 0.717) is 17.0 Å². The number of hydrogen-bond acceptors (Lipinski definition) is 4. The number of nitrogens with one attached hydrogen (secondary N) is 1. The van der Waals surface area contributed by atoms with Crippen LogP contribution in [-0.2, 0) is 10.2 Å². The second-order valence-corrected chi connectivity index (χ2v) is 6.67. The fourth-order valence-electron chi connectivity index (χ4n) is 1.85. The van der Waals surface area contributed by atoms with Crippen LogP contribution in [0.3, 0.4) is 0 Å². The first kappa shape index (κ1) is 16.0. The Bertz CT molecular complexity index is 772. The molecule has 2 rings (SSSR count). The monoisotopic (exact) mass is 319 g/mol. The van der Waals surface area contributed by atoms with Gasteiger partial charge in [0.1, 0.15) is 5.71 Å². The van der Waals surface area contributed by atoms with Crippen LogP contribution in [0, 0.1) is 0 Å². The van der Waals surface area contributed by atoms with Crippen LogP contribution in [0.1, 0.15) is 11.1 Å². The summed E-state index contributed by atoms with van der Waals surface area (Å²) < 4.78 is 27.2. The van der Waals surface area contributed by atoms with Crippen molar-refractivity contribution in [2.45, 2.75) is 0 Å². The van der Waals surface area contributed by atoms with Crippen LogP contribution in [-0.4, -0.2) is 37.7 Å². The maximum Gasteiger partial charge on any atom is 0.301 e. The lowest BCUT2D eigenvalue weighted by Gasteiger charge is -2.14. The van der Waals surface area contributed by atoms with Crippen molar-refractivity contribution in [3.8, 4) is 0 Å². The van der Waals surface area contributed by atoms with E-state index in [1.807, 2.05) is 30.3 Å². The van der Waals surface area contributed by atoms with Gasteiger partial charge in [0.15, 0.2) is 0 Å². The lowest BCUT2D eigenvalue weighted by Crippen LogP contribution is -2.29. The quantitative estimate of drug-likeness (QED) is 0.503. The zero-order chi connectivity index (χ0) is 16.2. The molecule has 0 aromatic heterocycles. The highest BCUT2D eigenvalue weighted by Gasteiger charge is 2.14. The molecule has 0 heterocycles. The maximum absolute atomic E-state index is 11.9. The van der Waals surface area contributed by atoms with Crippen LogP contribution >= 0.6 is 0 Å². The van der Waals surface area contributed by atoms with Crippen molar-refractivity contribution in [3.63, 3.8) is 0 Å². The Morgan fingerprint density at radius 1 is 1.05 bits per heavy atom. The molecule has 116 valence electrons. The first-order valence-electron chi connectivity index (χ1n) is 6.52. The third kappa shape index (κ3) is 3.63. The van der Waals surface area contributed by atoms with Crippen LogP contribution < -0.4 is 4.72 Å². The molecule has 0 unspecified atom stereocenters. The van der Waals surface area contributed by atoms with Crippen LogP contribution in [0.15, 0.2) is 59.8 Å². The van der Waals surface area contributed by atoms with Crippen LogP contribution in [0.4, 0.5) is 5.69 Å². The molecule has 0 spiro atoms. The zero-order valence-corrected chi connectivity index (χ0v) is 13.1. The second kappa shape index (κ2) is 6.59. The normalized spacial score (nSPS) is 12.4. The van der Waals surface area contributed by atoms with Crippen molar-refractivity contribution < 1.29 is 13.6 Å². The summed E-state index contributed by atoms with van der Waals surface area (Å²) in [6.07, 6.45) is 0. The summed E-state index contributed by atoms with van der Waals surface area (Å²) >= 11 is 0. The van der Waals surface area contributed by atoms with Gasteiger partial charge in [0, 0.05) is 25.2 Å². The predicted molar refractivity (Wildman–Crippen MR) is 86.5 cm³/mol. The van der Waals surface area contributed by atoms with Gasteiger partial charge in [0.2, 0.25) is 0 Å². The van der Waals surface area contributed by atoms with Crippen molar-refractivity contribution in [2.24, 2.45) is 5.16 Å². The fourth-order valence-corrected chi connectivity index (χ4v) is 2.46. The summed E-state index contributed by atoms with van der Waals surface area (Å²) in [6, 6.07) is 15.8. The molecule has 0 aliphatic carbocycles. The number of rotatable bonds is 5. The topological polar surface area (TPSA) is 82.0 Å². The average Bonchev–Trinajstić information content (AvgIpc) is 2.49. The molecule has 2 aromatic rings. The molecule has 7 heteroatoms. The van der Waals surface area contributed by atoms with Crippen molar-refractivity contribution >= 4 is 21.6 Å². The highest BCUT2D eigenvalue weighted by Crippen LogP contribution is 2.17. The zero-order valence-electron chi connectivity index (χ0n) is 12.3. The van der Waals surface area contributed by atoms with Gasteiger partial charge in [-0.3, -0.25) is 4.72 Å². The van der Waals surface area contributed by atoms with Gasteiger partial charge in [-0.05, 0) is 12.1 Å². The minimum atomic E-state index is -3.58. The molecular formula is C15H17N3O3S. The number of oxime groups is 1. The molecule has 22 heavy (non-hydrogen) atoms. The van der Waals surface area contributed by atoms with E-state index in [4.69, 9.17) is 0 Å². The summed E-state index contributed by atoms with van der Waals surface area (Å²) in [7, 11) is -0.702. The fraction of sp³-hybridized carbons (Fsp3) is 0.133. The first-order valence-corrected chi connectivity index (χ1v) is 7.96. The van der Waals surface area contributed by atoms with Gasteiger partial charge in [-0.1, -0.05) is 47.6 Å². The van der Waals surface area contributed by atoms with Gasteiger partial charge in [-0.25, -0.2) is 0 Å². The van der Waals surface area contributed by atoms with E-state index in [-0.39, 0.29) is 0 Å². The summed E-state index contributed by atoms with van der Waals surface area (Å²) in [5.74, 6) is 0. The smallest absolute Gasteiger partial charge is 0.301 e. The van der Waals surface area contributed by atoms with Crippen LogP contribution in [0.25, 0.3) is 0 Å². The van der Waals surface area contributed by atoms with E-state index in [0.717, 1.165) is 9.87 Å². The lowest BCUT2D eigenvalue weighted by molar-refractivity contribution is 0.319. The number of nitrogens with zero attached hydrogens (tertiary/aromatic N) is 2. The molecule has 0 saturated carbocycles. The summed E-state index contributed by atoms with van der Waals surface area (Å²) in [5, 5.41) is 12.6. The molecule has 2 N–H and O–H groups in total. The van der Waals surface area contributed by atoms with E-state index in [2.05, 4.69) is 9.88 Å². The van der Waals surface area contributed by atoms with Crippen molar-refractivity contribution in [2.75, 3.05) is 18.8 Å². The van der Waals surface area contributed by atoms with Crippen molar-refractivity contribution in [3.05, 3.63) is 65.7 Å². The Hall–Kier alpha value is -2.38. The van der Waals surface area contributed by atoms with Crippen LogP contribution in [0.2, 0.25) is 0 Å². The number of anilines is 1. The number of benzene rings is 2. The molecule has 0 aliphatic rings. The van der Waals surface area contributed by atoms with Gasteiger partial charge >= 0.3 is 10.2 Å². The van der Waals surface area contributed by atoms with Gasteiger partial charge < -0.3 is 5.21 Å². The Labute approximate surface area is 129 Å². The third-order valence-corrected chi connectivity index (χ3v) is 4.47. The molecule has 6 nitrogen and oxygen atoms in total. The maximum atomic E-state index is 11.9. The molecule has 0 bridgehead atoms. The molecular weight excluding hydrogens is 302 g/mol. The Morgan fingerprint density at radius 2 is 1.68 bits per heavy atom. The Balaban J connectivity index is 2.36. The molecule has 0 radical (unpaired) electrons. The second-order valence-electron chi connectivity index (χ2n) is 4.78. The van der Waals surface area contributed by atoms with Gasteiger partial charge in [0.25, 0.3) is 0 Å². The summed E-state index contributed by atoms with van der Waals surface area (Å²) in [5.41, 5.74) is 2.10. The summed E-state index contributed by atoms with van der Waals surface area (Å²) in [4.78, 5) is 0. The van der Waals surface area contributed by atoms with Gasteiger partial charge in [-0.2, -0.15) is 12.7 Å². The highest BCUT2D eigenvalue weighted by atomic mass is 32.2. The minimum Gasteiger partial charge on any atom is -0.410 e. The molecule has 0 atom stereocenters. The van der Waals surface area contributed by atoms with E-state index in [9.17, 15) is 13.6 Å².